The topological polar surface area (TPSA) is 37.4 Å². The third-order valence-corrected chi connectivity index (χ3v) is 6.20. The predicted molar refractivity (Wildman–Crippen MR) is 112 cm³/mol. The molecule has 0 unspecified atom stereocenters. The smallest absolute Gasteiger partial charge is 0.196 e. The van der Waals surface area contributed by atoms with Crippen molar-refractivity contribution in [2.24, 2.45) is 0 Å². The van der Waals surface area contributed by atoms with Crippen molar-refractivity contribution < 1.29 is 4.74 Å². The number of ether oxygens (including phenoxy) is 1. The van der Waals surface area contributed by atoms with E-state index in [0.29, 0.717) is 0 Å². The number of benzene rings is 2. The van der Waals surface area contributed by atoms with Crippen LogP contribution in [-0.2, 0) is 0 Å². The number of thiophene rings is 1. The van der Waals surface area contributed by atoms with E-state index in [2.05, 4.69) is 81.5 Å². The first kappa shape index (κ1) is 15.9. The summed E-state index contributed by atoms with van der Waals surface area (Å²) in [5, 5.41) is 5.42. The van der Waals surface area contributed by atoms with Crippen LogP contribution < -0.4 is 10.2 Å². The molecule has 0 spiro atoms. The summed E-state index contributed by atoms with van der Waals surface area (Å²) < 4.78 is 6.46. The number of pyridine rings is 1. The van der Waals surface area contributed by atoms with E-state index in [1.807, 2.05) is 18.3 Å². The zero-order chi connectivity index (χ0) is 18.5. The number of hydrogen-bond donors (Lipinski definition) is 1. The van der Waals surface area contributed by atoms with Crippen molar-refractivity contribution in [3.05, 3.63) is 100 Å². The Morgan fingerprint density at radius 1 is 1.00 bits per heavy atom. The van der Waals surface area contributed by atoms with Crippen LogP contribution in [0, 0.1) is 0 Å². The van der Waals surface area contributed by atoms with Gasteiger partial charge in [-0.05, 0) is 41.8 Å². The highest BCUT2D eigenvalue weighted by Gasteiger charge is 2.40. The van der Waals surface area contributed by atoms with Crippen molar-refractivity contribution in [2.45, 2.75) is 12.3 Å². The Morgan fingerprint density at radius 2 is 1.96 bits per heavy atom. The quantitative estimate of drug-likeness (QED) is 0.510. The van der Waals surface area contributed by atoms with E-state index in [1.165, 1.54) is 10.4 Å². The van der Waals surface area contributed by atoms with E-state index in [-0.39, 0.29) is 12.3 Å². The molecule has 2 aromatic heterocycles. The molecule has 6 rings (SSSR count). The molecule has 0 fully saturated rings. The van der Waals surface area contributed by atoms with E-state index in [9.17, 15) is 0 Å². The lowest BCUT2D eigenvalue weighted by Gasteiger charge is -2.39. The van der Waals surface area contributed by atoms with Gasteiger partial charge in [-0.15, -0.1) is 11.3 Å². The second-order valence-electron chi connectivity index (χ2n) is 6.99. The molecule has 2 aliphatic rings. The zero-order valence-corrected chi connectivity index (χ0v) is 15.8. The summed E-state index contributed by atoms with van der Waals surface area (Å²) in [6.45, 7) is 0. The van der Waals surface area contributed by atoms with Gasteiger partial charge in [0.25, 0.3) is 0 Å². The first-order chi connectivity index (χ1) is 13.9. The van der Waals surface area contributed by atoms with E-state index in [4.69, 9.17) is 4.74 Å². The Balaban J connectivity index is 1.46. The standard InChI is InChI=1S/C23H17N3OS/c1-2-7-21-17(6-1)20-14-19(22-8-4-12-28-22)25-26(20)23(27-21)16-9-10-18-15(13-16)5-3-11-24-18/h1-14,20,23,25H/t20-,23+/m1/s1. The third-order valence-electron chi connectivity index (χ3n) is 5.30. The van der Waals surface area contributed by atoms with Crippen LogP contribution in [0.15, 0.2) is 84.4 Å². The number of nitrogens with one attached hydrogen (secondary N) is 1. The van der Waals surface area contributed by atoms with E-state index in [1.54, 1.807) is 11.3 Å². The molecule has 4 aromatic rings. The molecule has 136 valence electrons. The van der Waals surface area contributed by atoms with Crippen LogP contribution in [0.2, 0.25) is 0 Å². The lowest BCUT2D eigenvalue weighted by Crippen LogP contribution is -2.43. The monoisotopic (exact) mass is 383 g/mol. The maximum atomic E-state index is 6.46. The number of aromatic nitrogens is 1. The van der Waals surface area contributed by atoms with E-state index in [0.717, 1.165) is 27.9 Å². The largest absolute Gasteiger partial charge is 0.469 e. The third kappa shape index (κ3) is 2.44. The summed E-state index contributed by atoms with van der Waals surface area (Å²) in [5.41, 5.74) is 8.01. The molecule has 2 aliphatic heterocycles. The van der Waals surface area contributed by atoms with Crippen molar-refractivity contribution >= 4 is 27.9 Å². The maximum Gasteiger partial charge on any atom is 0.196 e. The fourth-order valence-electron chi connectivity index (χ4n) is 3.98. The SMILES string of the molecule is C1=C(c2cccs2)NN2[C@H]1c1ccccc1O[C@H]2c1ccc2ncccc2c1. The Labute approximate surface area is 166 Å². The van der Waals surface area contributed by atoms with Gasteiger partial charge in [0, 0.05) is 22.7 Å². The van der Waals surface area contributed by atoms with Crippen LogP contribution in [0.1, 0.15) is 28.3 Å². The summed E-state index contributed by atoms with van der Waals surface area (Å²) in [5.74, 6) is 0.936. The maximum absolute atomic E-state index is 6.46. The number of hydrazine groups is 1. The molecule has 28 heavy (non-hydrogen) atoms. The van der Waals surface area contributed by atoms with Gasteiger partial charge in [-0.3, -0.25) is 4.98 Å². The minimum Gasteiger partial charge on any atom is -0.469 e. The van der Waals surface area contributed by atoms with Crippen molar-refractivity contribution in [3.8, 4) is 5.75 Å². The molecule has 1 N–H and O–H groups in total. The van der Waals surface area contributed by atoms with Crippen molar-refractivity contribution in [2.75, 3.05) is 0 Å². The first-order valence-electron chi connectivity index (χ1n) is 9.28. The summed E-state index contributed by atoms with van der Waals surface area (Å²) in [4.78, 5) is 5.67. The second-order valence-corrected chi connectivity index (χ2v) is 7.93. The molecular weight excluding hydrogens is 366 g/mol. The minimum atomic E-state index is -0.224. The van der Waals surface area contributed by atoms with Gasteiger partial charge in [-0.2, -0.15) is 5.01 Å². The zero-order valence-electron chi connectivity index (χ0n) is 14.9. The number of hydrogen-bond acceptors (Lipinski definition) is 5. The van der Waals surface area contributed by atoms with Crippen LogP contribution >= 0.6 is 11.3 Å². The van der Waals surface area contributed by atoms with Crippen molar-refractivity contribution in [1.82, 2.24) is 15.4 Å². The number of fused-ring (bicyclic) bond motifs is 4. The lowest BCUT2D eigenvalue weighted by atomic mass is 10.0. The van der Waals surface area contributed by atoms with Crippen LogP contribution in [0.3, 0.4) is 0 Å². The van der Waals surface area contributed by atoms with Gasteiger partial charge in [-0.1, -0.05) is 36.4 Å². The molecule has 0 aliphatic carbocycles. The molecule has 5 heteroatoms. The molecule has 2 atom stereocenters. The fourth-order valence-corrected chi connectivity index (χ4v) is 4.68. The number of nitrogens with zero attached hydrogens (tertiary/aromatic N) is 2. The summed E-state index contributed by atoms with van der Waals surface area (Å²) in [6.07, 6.45) is 3.89. The average molecular weight is 383 g/mol. The molecule has 0 saturated carbocycles. The molecule has 0 radical (unpaired) electrons. The van der Waals surface area contributed by atoms with Crippen molar-refractivity contribution in [1.29, 1.82) is 0 Å². The van der Waals surface area contributed by atoms with Crippen LogP contribution in [0.25, 0.3) is 16.6 Å². The number of rotatable bonds is 2. The summed E-state index contributed by atoms with van der Waals surface area (Å²) >= 11 is 1.74. The van der Waals surface area contributed by atoms with Crippen LogP contribution in [0.5, 0.6) is 5.75 Å². The fraction of sp³-hybridized carbons (Fsp3) is 0.0870. The van der Waals surface area contributed by atoms with Gasteiger partial charge in [0.1, 0.15) is 5.75 Å². The van der Waals surface area contributed by atoms with E-state index >= 15 is 0 Å². The first-order valence-corrected chi connectivity index (χ1v) is 10.2. The lowest BCUT2D eigenvalue weighted by molar-refractivity contribution is -0.0325. The molecule has 4 heterocycles. The Morgan fingerprint density at radius 3 is 2.89 bits per heavy atom. The molecule has 0 bridgehead atoms. The number of para-hydroxylation sites is 1. The Hall–Kier alpha value is -3.15. The van der Waals surface area contributed by atoms with Gasteiger partial charge >= 0.3 is 0 Å². The normalized spacial score (nSPS) is 20.8. The summed E-state index contributed by atoms with van der Waals surface area (Å²) in [6, 6.07) is 23.0. The van der Waals surface area contributed by atoms with Gasteiger partial charge in [0.05, 0.1) is 22.1 Å². The van der Waals surface area contributed by atoms with Crippen LogP contribution in [-0.4, -0.2) is 9.99 Å². The van der Waals surface area contributed by atoms with Gasteiger partial charge in [-0.25, -0.2) is 0 Å². The summed E-state index contributed by atoms with van der Waals surface area (Å²) in [7, 11) is 0. The Bertz CT molecular complexity index is 1200. The molecular formula is C23H17N3OS. The van der Waals surface area contributed by atoms with E-state index < -0.39 is 0 Å². The average Bonchev–Trinajstić information content (AvgIpc) is 3.43. The molecule has 0 saturated heterocycles. The minimum absolute atomic E-state index is 0.122. The Kier molecular flexibility index (Phi) is 3.51. The highest BCUT2D eigenvalue weighted by molar-refractivity contribution is 7.11. The second kappa shape index (κ2) is 6.19. The van der Waals surface area contributed by atoms with Crippen molar-refractivity contribution in [3.63, 3.8) is 0 Å². The molecule has 2 aromatic carbocycles. The van der Waals surface area contributed by atoms with Gasteiger partial charge < -0.3 is 10.2 Å². The molecule has 4 nitrogen and oxygen atoms in total. The predicted octanol–water partition coefficient (Wildman–Crippen LogP) is 5.29. The van der Waals surface area contributed by atoms with Gasteiger partial charge in [0.2, 0.25) is 0 Å². The highest BCUT2D eigenvalue weighted by Crippen LogP contribution is 2.46. The van der Waals surface area contributed by atoms with Gasteiger partial charge in [0.15, 0.2) is 6.23 Å². The van der Waals surface area contributed by atoms with Crippen LogP contribution in [0.4, 0.5) is 0 Å². The highest BCUT2D eigenvalue weighted by atomic mass is 32.1. The molecule has 0 amide bonds.